The molecule has 3 aromatic carbocycles. The lowest BCUT2D eigenvalue weighted by Gasteiger charge is -2.12. The topological polar surface area (TPSA) is 35.0 Å². The van der Waals surface area contributed by atoms with Gasteiger partial charge < -0.3 is 4.74 Å². The zero-order valence-corrected chi connectivity index (χ0v) is 14.5. The third-order valence-corrected chi connectivity index (χ3v) is 5.28. The normalized spacial score (nSPS) is 11.4. The molecular formula is C20H11ClN2OS. The largest absolute Gasteiger partial charge is 0.456 e. The molecule has 0 saturated heterocycles. The summed E-state index contributed by atoms with van der Waals surface area (Å²) in [6.45, 7) is 0. The highest BCUT2D eigenvalue weighted by Gasteiger charge is 2.16. The van der Waals surface area contributed by atoms with E-state index in [0.29, 0.717) is 4.47 Å². The van der Waals surface area contributed by atoms with Gasteiger partial charge in [-0.1, -0.05) is 41.9 Å². The second kappa shape index (κ2) is 5.69. The van der Waals surface area contributed by atoms with Crippen molar-refractivity contribution >= 4 is 55.0 Å². The van der Waals surface area contributed by atoms with Gasteiger partial charge in [0.15, 0.2) is 4.47 Å². The van der Waals surface area contributed by atoms with Gasteiger partial charge in [-0.15, -0.1) is 11.3 Å². The SMILES string of the molecule is Clc1nc2ccc3nc4ccccc4c(Oc4ccccc4)c3c2s1. The highest BCUT2D eigenvalue weighted by molar-refractivity contribution is 7.23. The van der Waals surface area contributed by atoms with Crippen LogP contribution in [0.5, 0.6) is 11.5 Å². The summed E-state index contributed by atoms with van der Waals surface area (Å²) >= 11 is 7.61. The number of rotatable bonds is 2. The monoisotopic (exact) mass is 362 g/mol. The Bertz CT molecular complexity index is 1230. The molecule has 0 saturated carbocycles. The first-order valence-corrected chi connectivity index (χ1v) is 8.99. The number of ether oxygens (including phenoxy) is 1. The van der Waals surface area contributed by atoms with Gasteiger partial charge in [0, 0.05) is 5.39 Å². The molecule has 25 heavy (non-hydrogen) atoms. The number of hydrogen-bond donors (Lipinski definition) is 0. The highest BCUT2D eigenvalue weighted by atomic mass is 35.5. The van der Waals surface area contributed by atoms with Gasteiger partial charge in [-0.2, -0.15) is 0 Å². The van der Waals surface area contributed by atoms with E-state index in [9.17, 15) is 0 Å². The molecule has 2 heterocycles. The Kier molecular flexibility index (Phi) is 3.33. The molecule has 0 aliphatic heterocycles. The van der Waals surface area contributed by atoms with Crippen LogP contribution in [-0.4, -0.2) is 9.97 Å². The fraction of sp³-hybridized carbons (Fsp3) is 0. The Morgan fingerprint density at radius 2 is 1.52 bits per heavy atom. The van der Waals surface area contributed by atoms with Crippen molar-refractivity contribution in [3.63, 3.8) is 0 Å². The summed E-state index contributed by atoms with van der Waals surface area (Å²) in [6, 6.07) is 21.7. The number of thiazole rings is 1. The minimum Gasteiger partial charge on any atom is -0.456 e. The first-order valence-electron chi connectivity index (χ1n) is 7.80. The lowest BCUT2D eigenvalue weighted by molar-refractivity contribution is 0.494. The molecular weight excluding hydrogens is 352 g/mol. The van der Waals surface area contributed by atoms with E-state index in [2.05, 4.69) is 4.98 Å². The van der Waals surface area contributed by atoms with Crippen LogP contribution >= 0.6 is 22.9 Å². The molecule has 0 fully saturated rings. The Balaban J connectivity index is 1.93. The molecule has 5 aromatic rings. The quantitative estimate of drug-likeness (QED) is 0.339. The van der Waals surface area contributed by atoms with E-state index in [1.54, 1.807) is 0 Å². The van der Waals surface area contributed by atoms with Crippen LogP contribution in [0.4, 0.5) is 0 Å². The van der Waals surface area contributed by atoms with Crippen molar-refractivity contribution in [2.24, 2.45) is 0 Å². The van der Waals surface area contributed by atoms with Crippen LogP contribution in [0.3, 0.4) is 0 Å². The smallest absolute Gasteiger partial charge is 0.184 e. The summed E-state index contributed by atoms with van der Waals surface area (Å²) in [4.78, 5) is 9.19. The van der Waals surface area contributed by atoms with E-state index in [-0.39, 0.29) is 0 Å². The maximum Gasteiger partial charge on any atom is 0.184 e. The summed E-state index contributed by atoms with van der Waals surface area (Å²) in [5.74, 6) is 1.57. The van der Waals surface area contributed by atoms with Gasteiger partial charge in [0.2, 0.25) is 0 Å². The summed E-state index contributed by atoms with van der Waals surface area (Å²) in [7, 11) is 0. The minimum absolute atomic E-state index is 0.515. The van der Waals surface area contributed by atoms with Crippen LogP contribution in [0.25, 0.3) is 32.0 Å². The van der Waals surface area contributed by atoms with Gasteiger partial charge in [-0.05, 0) is 36.4 Å². The third-order valence-electron chi connectivity index (χ3n) is 4.09. The fourth-order valence-electron chi connectivity index (χ4n) is 3.01. The number of nitrogens with zero attached hydrogens (tertiary/aromatic N) is 2. The number of hydrogen-bond acceptors (Lipinski definition) is 4. The zero-order chi connectivity index (χ0) is 16.8. The van der Waals surface area contributed by atoms with Crippen molar-refractivity contribution in [2.75, 3.05) is 0 Å². The lowest BCUT2D eigenvalue weighted by Crippen LogP contribution is -1.91. The van der Waals surface area contributed by atoms with Crippen molar-refractivity contribution in [3.05, 3.63) is 71.2 Å². The molecule has 0 aliphatic carbocycles. The van der Waals surface area contributed by atoms with Gasteiger partial charge >= 0.3 is 0 Å². The average molecular weight is 363 g/mol. The molecule has 5 heteroatoms. The van der Waals surface area contributed by atoms with E-state index < -0.39 is 0 Å². The Hall–Kier alpha value is -2.69. The van der Waals surface area contributed by atoms with Gasteiger partial charge in [-0.3, -0.25) is 0 Å². The molecule has 0 bridgehead atoms. The van der Waals surface area contributed by atoms with Crippen molar-refractivity contribution in [2.45, 2.75) is 0 Å². The van der Waals surface area contributed by atoms with Crippen LogP contribution in [0, 0.1) is 0 Å². The van der Waals surface area contributed by atoms with Gasteiger partial charge in [0.1, 0.15) is 11.5 Å². The van der Waals surface area contributed by atoms with Crippen LogP contribution in [0.15, 0.2) is 66.7 Å². The molecule has 0 N–H and O–H groups in total. The number of halogens is 1. The van der Waals surface area contributed by atoms with E-state index >= 15 is 0 Å². The number of benzene rings is 3. The molecule has 0 unspecified atom stereocenters. The van der Waals surface area contributed by atoms with Crippen LogP contribution in [0.1, 0.15) is 0 Å². The predicted molar refractivity (Wildman–Crippen MR) is 104 cm³/mol. The number of aromatic nitrogens is 2. The predicted octanol–water partition coefficient (Wildman–Crippen LogP) is 6.44. The van der Waals surface area contributed by atoms with Crippen LogP contribution in [-0.2, 0) is 0 Å². The molecule has 3 nitrogen and oxygen atoms in total. The number of fused-ring (bicyclic) bond motifs is 4. The summed E-state index contributed by atoms with van der Waals surface area (Å²) in [6.07, 6.45) is 0. The van der Waals surface area contributed by atoms with E-state index in [1.165, 1.54) is 11.3 Å². The van der Waals surface area contributed by atoms with Crippen molar-refractivity contribution in [1.29, 1.82) is 0 Å². The molecule has 0 spiro atoms. The van der Waals surface area contributed by atoms with Gasteiger partial charge in [0.25, 0.3) is 0 Å². The van der Waals surface area contributed by atoms with Gasteiger partial charge in [-0.25, -0.2) is 9.97 Å². The van der Waals surface area contributed by atoms with Crippen molar-refractivity contribution in [1.82, 2.24) is 9.97 Å². The molecule has 0 aliphatic rings. The second-order valence-corrected chi connectivity index (χ2v) is 7.23. The molecule has 0 atom stereocenters. The average Bonchev–Trinajstić information content (AvgIpc) is 3.02. The lowest BCUT2D eigenvalue weighted by atomic mass is 10.1. The highest BCUT2D eigenvalue weighted by Crippen LogP contribution is 2.42. The first kappa shape index (κ1) is 14.6. The van der Waals surface area contributed by atoms with Crippen LogP contribution in [0.2, 0.25) is 4.47 Å². The van der Waals surface area contributed by atoms with E-state index in [1.807, 2.05) is 66.7 Å². The molecule has 2 aromatic heterocycles. The molecule has 5 rings (SSSR count). The summed E-state index contributed by atoms with van der Waals surface area (Å²) in [5, 5.41) is 1.92. The molecule has 0 amide bonds. The van der Waals surface area contributed by atoms with Crippen molar-refractivity contribution < 1.29 is 4.74 Å². The second-order valence-electron chi connectivity index (χ2n) is 5.65. The summed E-state index contributed by atoms with van der Waals surface area (Å²) in [5.41, 5.74) is 2.63. The Morgan fingerprint density at radius 3 is 2.40 bits per heavy atom. The standard InChI is InChI=1S/C20H11ClN2OS/c21-20-23-16-11-10-15-17(19(16)25-20)18(24-12-6-2-1-3-7-12)13-8-4-5-9-14(13)22-15/h1-11H. The van der Waals surface area contributed by atoms with E-state index in [0.717, 1.165) is 43.5 Å². The maximum atomic E-state index is 6.32. The molecule has 120 valence electrons. The fourth-order valence-corrected chi connectivity index (χ4v) is 4.16. The van der Waals surface area contributed by atoms with Crippen LogP contribution < -0.4 is 4.74 Å². The zero-order valence-electron chi connectivity index (χ0n) is 12.9. The summed E-state index contributed by atoms with van der Waals surface area (Å²) < 4.78 is 7.83. The van der Waals surface area contributed by atoms with Crippen molar-refractivity contribution in [3.8, 4) is 11.5 Å². The first-order chi connectivity index (χ1) is 12.3. The third kappa shape index (κ3) is 2.42. The maximum absolute atomic E-state index is 6.32. The number of para-hydroxylation sites is 2. The van der Waals surface area contributed by atoms with E-state index in [4.69, 9.17) is 21.3 Å². The Labute approximate surface area is 152 Å². The van der Waals surface area contributed by atoms with Gasteiger partial charge in [0.05, 0.1) is 26.6 Å². The number of pyridine rings is 1. The Morgan fingerprint density at radius 1 is 0.760 bits per heavy atom. The minimum atomic E-state index is 0.515. The molecule has 0 radical (unpaired) electrons.